The van der Waals surface area contributed by atoms with Crippen LogP contribution in [0.15, 0.2) is 54.7 Å². The Morgan fingerprint density at radius 3 is 2.67 bits per heavy atom. The average Bonchev–Trinajstić information content (AvgIpc) is 3.33. The van der Waals surface area contributed by atoms with Crippen molar-refractivity contribution in [1.29, 1.82) is 0 Å². The zero-order chi connectivity index (χ0) is 27.6. The number of rotatable bonds is 5. The maximum Gasteiger partial charge on any atom is 0.410 e. The van der Waals surface area contributed by atoms with Crippen LogP contribution in [-0.4, -0.2) is 63.0 Å². The molecule has 1 aliphatic rings. The molecule has 5 rings (SSSR count). The van der Waals surface area contributed by atoms with Crippen LogP contribution in [0.4, 0.5) is 10.7 Å². The monoisotopic (exact) mass is 528 g/mol. The topological polar surface area (TPSA) is 129 Å². The number of anilines is 1. The molecule has 3 N–H and O–H groups in total. The molecule has 0 unspecified atom stereocenters. The van der Waals surface area contributed by atoms with Gasteiger partial charge in [0.05, 0.1) is 11.1 Å². The summed E-state index contributed by atoms with van der Waals surface area (Å²) in [5.74, 6) is -0.323. The summed E-state index contributed by atoms with van der Waals surface area (Å²) in [5, 5.41) is 7.59. The highest BCUT2D eigenvalue weighted by Gasteiger charge is 2.28. The van der Waals surface area contributed by atoms with Gasteiger partial charge in [-0.2, -0.15) is 0 Å². The fourth-order valence-electron chi connectivity index (χ4n) is 4.71. The highest BCUT2D eigenvalue weighted by atomic mass is 16.6. The molecule has 202 valence electrons. The van der Waals surface area contributed by atoms with Crippen LogP contribution in [0.5, 0.6) is 0 Å². The second-order valence-corrected chi connectivity index (χ2v) is 10.8. The quantitative estimate of drug-likeness (QED) is 0.343. The maximum absolute atomic E-state index is 13.1. The van der Waals surface area contributed by atoms with Gasteiger partial charge in [-0.3, -0.25) is 19.9 Å². The Balaban J connectivity index is 1.24. The van der Waals surface area contributed by atoms with Crippen LogP contribution >= 0.6 is 0 Å². The Hall–Kier alpha value is -4.47. The van der Waals surface area contributed by atoms with Crippen molar-refractivity contribution in [2.24, 2.45) is 5.92 Å². The van der Waals surface area contributed by atoms with Gasteiger partial charge < -0.3 is 19.9 Å². The van der Waals surface area contributed by atoms with Crippen molar-refractivity contribution in [3.63, 3.8) is 0 Å². The van der Waals surface area contributed by atoms with E-state index in [0.29, 0.717) is 36.2 Å². The predicted molar refractivity (Wildman–Crippen MR) is 149 cm³/mol. The summed E-state index contributed by atoms with van der Waals surface area (Å²) in [7, 11) is 0. The number of nitrogens with one attached hydrogen (secondary N) is 3. The van der Waals surface area contributed by atoms with E-state index in [1.807, 2.05) is 45.0 Å². The number of fused-ring (bicyclic) bond motifs is 2. The highest BCUT2D eigenvalue weighted by molar-refractivity contribution is 6.07. The van der Waals surface area contributed by atoms with Crippen molar-refractivity contribution < 1.29 is 19.1 Å². The average molecular weight is 529 g/mol. The molecule has 2 aromatic carbocycles. The van der Waals surface area contributed by atoms with Gasteiger partial charge in [-0.1, -0.05) is 30.3 Å². The van der Waals surface area contributed by atoms with Crippen LogP contribution in [0, 0.1) is 5.92 Å². The van der Waals surface area contributed by atoms with Crippen LogP contribution in [0.25, 0.3) is 21.8 Å². The molecule has 0 aliphatic carbocycles. The molecule has 0 spiro atoms. The number of hydrogen-bond donors (Lipinski definition) is 3. The van der Waals surface area contributed by atoms with E-state index < -0.39 is 11.5 Å². The summed E-state index contributed by atoms with van der Waals surface area (Å²) < 4.78 is 5.50. The van der Waals surface area contributed by atoms with Crippen molar-refractivity contribution in [3.8, 4) is 0 Å². The summed E-state index contributed by atoms with van der Waals surface area (Å²) in [4.78, 5) is 51.9. The molecule has 1 aliphatic heterocycles. The van der Waals surface area contributed by atoms with Gasteiger partial charge >= 0.3 is 6.09 Å². The van der Waals surface area contributed by atoms with E-state index in [1.54, 1.807) is 35.4 Å². The number of likely N-dealkylation sites (tertiary alicyclic amines) is 1. The Kier molecular flexibility index (Phi) is 7.19. The minimum Gasteiger partial charge on any atom is -0.444 e. The number of amides is 3. The van der Waals surface area contributed by atoms with Crippen LogP contribution in [0.1, 0.15) is 54.5 Å². The Morgan fingerprint density at radius 2 is 1.87 bits per heavy atom. The van der Waals surface area contributed by atoms with Crippen molar-refractivity contribution in [1.82, 2.24) is 25.2 Å². The standard InChI is InChI=1S/C29H32N6O4/c1-29(2,3)39-28(38)35-13-7-8-18(17-35)15-31-25(36)21-11-6-12-22-24(21)33-27(32-22)34-26(37)23-14-19-9-4-5-10-20(19)16-30-23/h4-6,9-12,14,16,18H,7-8,13,15,17H2,1-3H3,(H,31,36)(H2,32,33,34,37)/t18-/m0/s1. The van der Waals surface area contributed by atoms with Crippen LogP contribution in [0.3, 0.4) is 0 Å². The fraction of sp³-hybridized carbons (Fsp3) is 0.345. The molecule has 3 amide bonds. The lowest BCUT2D eigenvalue weighted by Crippen LogP contribution is -2.45. The largest absolute Gasteiger partial charge is 0.444 e. The summed E-state index contributed by atoms with van der Waals surface area (Å²) >= 11 is 0. The fourth-order valence-corrected chi connectivity index (χ4v) is 4.71. The molecule has 1 atom stereocenters. The number of ether oxygens (including phenoxy) is 1. The van der Waals surface area contributed by atoms with E-state index in [4.69, 9.17) is 4.74 Å². The molecule has 10 heteroatoms. The predicted octanol–water partition coefficient (Wildman–Crippen LogP) is 4.74. The van der Waals surface area contributed by atoms with E-state index in [2.05, 4.69) is 25.6 Å². The molecule has 0 radical (unpaired) electrons. The van der Waals surface area contributed by atoms with E-state index in [0.717, 1.165) is 23.6 Å². The van der Waals surface area contributed by atoms with Crippen molar-refractivity contribution in [2.45, 2.75) is 39.2 Å². The Bertz CT molecular complexity index is 1540. The van der Waals surface area contributed by atoms with Gasteiger partial charge in [0.25, 0.3) is 11.8 Å². The number of carbonyl (C=O) groups is 3. The highest BCUT2D eigenvalue weighted by Crippen LogP contribution is 2.22. The first kappa shape index (κ1) is 26.1. The molecule has 4 aromatic rings. The van der Waals surface area contributed by atoms with Crippen LogP contribution in [0.2, 0.25) is 0 Å². The van der Waals surface area contributed by atoms with Gasteiger partial charge in [0.1, 0.15) is 16.8 Å². The molecule has 3 heterocycles. The minimum atomic E-state index is -0.551. The third-order valence-corrected chi connectivity index (χ3v) is 6.57. The molecule has 0 saturated carbocycles. The number of hydrogen-bond acceptors (Lipinski definition) is 6. The lowest BCUT2D eigenvalue weighted by molar-refractivity contribution is 0.0167. The Labute approximate surface area is 226 Å². The van der Waals surface area contributed by atoms with Crippen LogP contribution < -0.4 is 10.6 Å². The number of nitrogens with zero attached hydrogens (tertiary/aromatic N) is 3. The lowest BCUT2D eigenvalue weighted by atomic mass is 9.98. The van der Waals surface area contributed by atoms with E-state index >= 15 is 0 Å². The van der Waals surface area contributed by atoms with Gasteiger partial charge in [-0.15, -0.1) is 0 Å². The summed E-state index contributed by atoms with van der Waals surface area (Å²) in [6.45, 7) is 7.14. The van der Waals surface area contributed by atoms with Crippen molar-refractivity contribution in [2.75, 3.05) is 25.0 Å². The molecular formula is C29H32N6O4. The molecule has 2 aromatic heterocycles. The number of carbonyl (C=O) groups excluding carboxylic acids is 3. The van der Waals surface area contributed by atoms with Gasteiger partial charge in [0.2, 0.25) is 5.95 Å². The molecular weight excluding hydrogens is 496 g/mol. The van der Waals surface area contributed by atoms with E-state index in [-0.39, 0.29) is 29.6 Å². The van der Waals surface area contributed by atoms with Gasteiger partial charge in [0, 0.05) is 31.2 Å². The Morgan fingerprint density at radius 1 is 1.08 bits per heavy atom. The van der Waals surface area contributed by atoms with E-state index in [9.17, 15) is 14.4 Å². The number of aromatic nitrogens is 3. The molecule has 0 bridgehead atoms. The third-order valence-electron chi connectivity index (χ3n) is 6.57. The first-order valence-electron chi connectivity index (χ1n) is 13.1. The second kappa shape index (κ2) is 10.7. The van der Waals surface area contributed by atoms with Gasteiger partial charge in [0.15, 0.2) is 0 Å². The smallest absolute Gasteiger partial charge is 0.410 e. The molecule has 1 fully saturated rings. The lowest BCUT2D eigenvalue weighted by Gasteiger charge is -2.34. The molecule has 10 nitrogen and oxygen atoms in total. The van der Waals surface area contributed by atoms with Crippen molar-refractivity contribution in [3.05, 3.63) is 66.0 Å². The maximum atomic E-state index is 13.1. The number of benzene rings is 2. The van der Waals surface area contributed by atoms with Crippen LogP contribution in [-0.2, 0) is 4.74 Å². The van der Waals surface area contributed by atoms with Gasteiger partial charge in [-0.25, -0.2) is 9.78 Å². The van der Waals surface area contributed by atoms with Gasteiger partial charge in [-0.05, 0) is 63.1 Å². The SMILES string of the molecule is CC(C)(C)OC(=O)N1CCC[C@@H](CNC(=O)c2cccc3[nH]c(NC(=O)c4cc5ccccc5cn4)nc23)C1. The summed E-state index contributed by atoms with van der Waals surface area (Å²) in [6, 6.07) is 14.6. The first-order valence-corrected chi connectivity index (χ1v) is 13.1. The molecule has 1 saturated heterocycles. The number of aromatic amines is 1. The zero-order valence-corrected chi connectivity index (χ0v) is 22.3. The molecule has 39 heavy (non-hydrogen) atoms. The summed E-state index contributed by atoms with van der Waals surface area (Å²) in [5.41, 5.74) is 1.19. The van der Waals surface area contributed by atoms with E-state index in [1.165, 1.54) is 0 Å². The number of para-hydroxylation sites is 1. The number of pyridine rings is 1. The normalized spacial score (nSPS) is 15.8. The number of piperidine rings is 1. The first-order chi connectivity index (χ1) is 18.7. The minimum absolute atomic E-state index is 0.123. The van der Waals surface area contributed by atoms with Crippen molar-refractivity contribution >= 4 is 45.7 Å². The third kappa shape index (κ3) is 6.17. The number of H-pyrrole nitrogens is 1. The zero-order valence-electron chi connectivity index (χ0n) is 22.3. The second-order valence-electron chi connectivity index (χ2n) is 10.8. The number of imidazole rings is 1. The summed E-state index contributed by atoms with van der Waals surface area (Å²) in [6.07, 6.45) is 3.09.